The van der Waals surface area contributed by atoms with Crippen molar-refractivity contribution in [3.8, 4) is 0 Å². The van der Waals surface area contributed by atoms with Crippen LogP contribution in [0.5, 0.6) is 0 Å². The van der Waals surface area contributed by atoms with Crippen molar-refractivity contribution < 1.29 is 8.78 Å². The molecule has 72 valence electrons. The number of hydrogen-bond acceptors (Lipinski definition) is 1. The average Bonchev–Trinajstić information content (AvgIpc) is 2.35. The fourth-order valence-corrected chi connectivity index (χ4v) is 1.59. The molecule has 0 aliphatic heterocycles. The zero-order valence-electron chi connectivity index (χ0n) is 7.69. The molecule has 0 aromatic carbocycles. The molecular weight excluding hydrogens is 160 g/mol. The molecule has 0 radical (unpaired) electrons. The Balaban J connectivity index is 2.16. The van der Waals surface area contributed by atoms with E-state index in [0.717, 1.165) is 6.42 Å². The molecule has 0 aromatic rings. The lowest BCUT2D eigenvalue weighted by Crippen LogP contribution is -2.23. The second kappa shape index (κ2) is 3.29. The molecule has 2 N–H and O–H groups in total. The van der Waals surface area contributed by atoms with E-state index in [9.17, 15) is 8.78 Å². The molecule has 1 fully saturated rings. The van der Waals surface area contributed by atoms with E-state index in [-0.39, 0.29) is 12.5 Å². The third-order valence-corrected chi connectivity index (χ3v) is 2.32. The Kier molecular flexibility index (Phi) is 2.71. The van der Waals surface area contributed by atoms with Gasteiger partial charge in [0.1, 0.15) is 0 Å². The molecule has 2 atom stereocenters. The van der Waals surface area contributed by atoms with Crippen molar-refractivity contribution in [1.82, 2.24) is 0 Å². The van der Waals surface area contributed by atoms with Gasteiger partial charge in [0.25, 0.3) is 5.92 Å². The molecule has 12 heavy (non-hydrogen) atoms. The largest absolute Gasteiger partial charge is 0.328 e. The molecule has 1 aliphatic carbocycles. The second-order valence-electron chi connectivity index (χ2n) is 4.29. The van der Waals surface area contributed by atoms with E-state index in [1.807, 2.05) is 0 Å². The maximum absolute atomic E-state index is 12.4. The SMILES string of the molecule is CC(C)C[C@H](N)C[C@H]1CC1(F)F. The van der Waals surface area contributed by atoms with Gasteiger partial charge in [-0.25, -0.2) is 8.78 Å². The summed E-state index contributed by atoms with van der Waals surface area (Å²) in [5.41, 5.74) is 5.70. The van der Waals surface area contributed by atoms with Crippen LogP contribution in [0.1, 0.15) is 33.1 Å². The zero-order valence-corrected chi connectivity index (χ0v) is 7.69. The van der Waals surface area contributed by atoms with Crippen LogP contribution in [-0.4, -0.2) is 12.0 Å². The third kappa shape index (κ3) is 2.70. The maximum Gasteiger partial charge on any atom is 0.251 e. The molecule has 0 heterocycles. The Morgan fingerprint density at radius 1 is 1.50 bits per heavy atom. The van der Waals surface area contributed by atoms with Gasteiger partial charge in [0.05, 0.1) is 0 Å². The number of rotatable bonds is 4. The molecule has 0 spiro atoms. The Morgan fingerprint density at radius 2 is 2.00 bits per heavy atom. The lowest BCUT2D eigenvalue weighted by molar-refractivity contribution is 0.0948. The van der Waals surface area contributed by atoms with Crippen LogP contribution in [0.4, 0.5) is 8.78 Å². The van der Waals surface area contributed by atoms with Gasteiger partial charge in [-0.2, -0.15) is 0 Å². The van der Waals surface area contributed by atoms with E-state index in [4.69, 9.17) is 5.73 Å². The minimum atomic E-state index is -2.39. The standard InChI is InChI=1S/C9H17F2N/c1-6(2)3-8(12)4-7-5-9(7,10)11/h6-8H,3-5,12H2,1-2H3/t7-,8-/m0/s1. The highest BCUT2D eigenvalue weighted by Crippen LogP contribution is 2.51. The Morgan fingerprint density at radius 3 is 2.33 bits per heavy atom. The van der Waals surface area contributed by atoms with Crippen molar-refractivity contribution in [2.24, 2.45) is 17.6 Å². The summed E-state index contributed by atoms with van der Waals surface area (Å²) in [6.45, 7) is 4.12. The molecule has 1 nitrogen and oxygen atoms in total. The van der Waals surface area contributed by atoms with E-state index in [0.29, 0.717) is 12.3 Å². The van der Waals surface area contributed by atoms with Gasteiger partial charge in [-0.3, -0.25) is 0 Å². The van der Waals surface area contributed by atoms with E-state index >= 15 is 0 Å². The highest BCUT2D eigenvalue weighted by atomic mass is 19.3. The minimum Gasteiger partial charge on any atom is -0.328 e. The summed E-state index contributed by atoms with van der Waals surface area (Å²) in [4.78, 5) is 0. The van der Waals surface area contributed by atoms with Crippen molar-refractivity contribution in [2.45, 2.75) is 45.1 Å². The topological polar surface area (TPSA) is 26.0 Å². The van der Waals surface area contributed by atoms with Gasteiger partial charge >= 0.3 is 0 Å². The number of nitrogens with two attached hydrogens (primary N) is 1. The number of hydrogen-bond donors (Lipinski definition) is 1. The quantitative estimate of drug-likeness (QED) is 0.701. The molecular formula is C9H17F2N. The summed E-state index contributed by atoms with van der Waals surface area (Å²) in [7, 11) is 0. The van der Waals surface area contributed by atoms with Crippen LogP contribution in [0.25, 0.3) is 0 Å². The van der Waals surface area contributed by atoms with Gasteiger partial charge in [-0.05, 0) is 18.8 Å². The van der Waals surface area contributed by atoms with Gasteiger partial charge in [0.15, 0.2) is 0 Å². The Hall–Kier alpha value is -0.180. The summed E-state index contributed by atoms with van der Waals surface area (Å²) in [6, 6.07) is -0.0385. The van der Waals surface area contributed by atoms with Crippen LogP contribution in [0.2, 0.25) is 0 Å². The first kappa shape index (κ1) is 9.90. The van der Waals surface area contributed by atoms with Crippen molar-refractivity contribution >= 4 is 0 Å². The molecule has 0 saturated heterocycles. The molecule has 1 aliphatic rings. The minimum absolute atomic E-state index is 0.0385. The lowest BCUT2D eigenvalue weighted by atomic mass is 10.00. The van der Waals surface area contributed by atoms with E-state index in [2.05, 4.69) is 13.8 Å². The second-order valence-corrected chi connectivity index (χ2v) is 4.29. The summed E-state index contributed by atoms with van der Waals surface area (Å²) in [5.74, 6) is -2.31. The first-order valence-corrected chi connectivity index (χ1v) is 4.55. The Labute approximate surface area is 72.3 Å². The average molecular weight is 177 g/mol. The van der Waals surface area contributed by atoms with Crippen molar-refractivity contribution in [1.29, 1.82) is 0 Å². The van der Waals surface area contributed by atoms with Crippen molar-refractivity contribution in [3.63, 3.8) is 0 Å². The normalized spacial score (nSPS) is 29.0. The van der Waals surface area contributed by atoms with Crippen LogP contribution in [0, 0.1) is 11.8 Å². The van der Waals surface area contributed by atoms with E-state index in [1.165, 1.54) is 0 Å². The monoisotopic (exact) mass is 177 g/mol. The fraction of sp³-hybridized carbons (Fsp3) is 1.00. The van der Waals surface area contributed by atoms with Gasteiger partial charge in [0.2, 0.25) is 0 Å². The highest BCUT2D eigenvalue weighted by molar-refractivity contribution is 4.96. The molecule has 0 aromatic heterocycles. The summed E-state index contributed by atoms with van der Waals surface area (Å²) < 4.78 is 24.9. The summed E-state index contributed by atoms with van der Waals surface area (Å²) >= 11 is 0. The lowest BCUT2D eigenvalue weighted by Gasteiger charge is -2.12. The van der Waals surface area contributed by atoms with Crippen LogP contribution >= 0.6 is 0 Å². The van der Waals surface area contributed by atoms with Crippen molar-refractivity contribution in [3.05, 3.63) is 0 Å². The fourth-order valence-electron chi connectivity index (χ4n) is 1.59. The first-order valence-electron chi connectivity index (χ1n) is 4.55. The number of halogens is 2. The Bertz CT molecular complexity index is 157. The zero-order chi connectivity index (χ0) is 9.35. The predicted octanol–water partition coefficient (Wildman–Crippen LogP) is 2.41. The van der Waals surface area contributed by atoms with Crippen LogP contribution < -0.4 is 5.73 Å². The smallest absolute Gasteiger partial charge is 0.251 e. The summed E-state index contributed by atoms with van der Waals surface area (Å²) in [6.07, 6.45) is 1.40. The van der Waals surface area contributed by atoms with Gasteiger partial charge in [-0.15, -0.1) is 0 Å². The van der Waals surface area contributed by atoms with Gasteiger partial charge in [0, 0.05) is 18.4 Å². The van der Waals surface area contributed by atoms with E-state index in [1.54, 1.807) is 0 Å². The molecule has 1 saturated carbocycles. The molecule has 1 rings (SSSR count). The third-order valence-electron chi connectivity index (χ3n) is 2.32. The summed E-state index contributed by atoms with van der Waals surface area (Å²) in [5, 5.41) is 0. The molecule has 0 unspecified atom stereocenters. The molecule has 0 bridgehead atoms. The van der Waals surface area contributed by atoms with Crippen LogP contribution in [-0.2, 0) is 0 Å². The first-order chi connectivity index (χ1) is 5.42. The van der Waals surface area contributed by atoms with E-state index < -0.39 is 11.8 Å². The number of alkyl halides is 2. The highest BCUT2D eigenvalue weighted by Gasteiger charge is 2.56. The molecule has 0 amide bonds. The van der Waals surface area contributed by atoms with Crippen LogP contribution in [0.3, 0.4) is 0 Å². The van der Waals surface area contributed by atoms with Crippen molar-refractivity contribution in [2.75, 3.05) is 0 Å². The van der Waals surface area contributed by atoms with Crippen LogP contribution in [0.15, 0.2) is 0 Å². The molecule has 3 heteroatoms. The maximum atomic E-state index is 12.4. The predicted molar refractivity (Wildman–Crippen MR) is 45.1 cm³/mol. The van der Waals surface area contributed by atoms with Gasteiger partial charge < -0.3 is 5.73 Å². The van der Waals surface area contributed by atoms with Gasteiger partial charge in [-0.1, -0.05) is 13.8 Å².